The first-order valence-electron chi connectivity index (χ1n) is 7.86. The van der Waals surface area contributed by atoms with Crippen molar-refractivity contribution >= 4 is 0 Å². The van der Waals surface area contributed by atoms with Gasteiger partial charge in [0.2, 0.25) is 0 Å². The summed E-state index contributed by atoms with van der Waals surface area (Å²) in [6.45, 7) is 6.43. The number of piperidine rings is 4. The monoisotopic (exact) mass is 256 g/mol. The second-order valence-electron chi connectivity index (χ2n) is 6.70. The van der Waals surface area contributed by atoms with Crippen LogP contribution in [0.4, 0.5) is 0 Å². The molecule has 1 spiro atoms. The Kier molecular flexibility index (Phi) is 2.89. The van der Waals surface area contributed by atoms with E-state index in [1.807, 2.05) is 0 Å². The van der Waals surface area contributed by atoms with Crippen molar-refractivity contribution in [2.24, 2.45) is 11.3 Å². The molecule has 4 heterocycles. The summed E-state index contributed by atoms with van der Waals surface area (Å²) in [5.41, 5.74) is 2.12. The van der Waals surface area contributed by atoms with E-state index in [0.29, 0.717) is 5.41 Å². The van der Waals surface area contributed by atoms with Crippen molar-refractivity contribution in [2.45, 2.75) is 25.2 Å². The molecule has 1 aromatic rings. The minimum atomic E-state index is 0.559. The highest BCUT2D eigenvalue weighted by atomic mass is 15.2. The molecule has 2 bridgehead atoms. The maximum atomic E-state index is 3.65. The molecule has 4 fully saturated rings. The highest BCUT2D eigenvalue weighted by Crippen LogP contribution is 2.53. The Bertz CT molecular complexity index is 436. The number of fused-ring (bicyclic) bond motifs is 2. The molecule has 19 heavy (non-hydrogen) atoms. The molecule has 4 aliphatic heterocycles. The second kappa shape index (κ2) is 4.60. The van der Waals surface area contributed by atoms with Gasteiger partial charge in [0.05, 0.1) is 0 Å². The lowest BCUT2D eigenvalue weighted by atomic mass is 9.56. The van der Waals surface area contributed by atoms with Crippen LogP contribution < -0.4 is 5.32 Å². The molecule has 4 aliphatic rings. The van der Waals surface area contributed by atoms with Crippen LogP contribution in [-0.4, -0.2) is 37.6 Å². The lowest BCUT2D eigenvalue weighted by Crippen LogP contribution is -2.60. The van der Waals surface area contributed by atoms with E-state index in [-0.39, 0.29) is 0 Å². The third-order valence-corrected chi connectivity index (χ3v) is 5.93. The van der Waals surface area contributed by atoms with Crippen LogP contribution in [0.25, 0.3) is 0 Å². The Labute approximate surface area is 116 Å². The molecule has 0 aliphatic carbocycles. The van der Waals surface area contributed by atoms with Gasteiger partial charge in [-0.25, -0.2) is 0 Å². The molecule has 5 rings (SSSR count). The molecule has 102 valence electrons. The molecular formula is C17H24N2. The third kappa shape index (κ3) is 1.85. The van der Waals surface area contributed by atoms with Crippen LogP contribution in [0.2, 0.25) is 0 Å². The van der Waals surface area contributed by atoms with E-state index in [1.54, 1.807) is 5.56 Å². The van der Waals surface area contributed by atoms with Gasteiger partial charge in [-0.3, -0.25) is 0 Å². The van der Waals surface area contributed by atoms with Crippen molar-refractivity contribution in [3.8, 4) is 0 Å². The summed E-state index contributed by atoms with van der Waals surface area (Å²) in [6, 6.07) is 11.2. The summed E-state index contributed by atoms with van der Waals surface area (Å²) in [7, 11) is 0. The van der Waals surface area contributed by atoms with Crippen LogP contribution >= 0.6 is 0 Å². The minimum absolute atomic E-state index is 0.559. The minimum Gasteiger partial charge on any atom is -0.316 e. The van der Waals surface area contributed by atoms with Gasteiger partial charge in [-0.15, -0.1) is 0 Å². The Morgan fingerprint density at radius 3 is 2.58 bits per heavy atom. The molecule has 1 aromatic carbocycles. The van der Waals surface area contributed by atoms with Gasteiger partial charge in [0.25, 0.3) is 0 Å². The Balaban J connectivity index is 1.72. The normalized spacial score (nSPS) is 41.6. The quantitative estimate of drug-likeness (QED) is 0.830. The van der Waals surface area contributed by atoms with Gasteiger partial charge in [-0.1, -0.05) is 30.3 Å². The van der Waals surface area contributed by atoms with Gasteiger partial charge in [0.15, 0.2) is 0 Å². The van der Waals surface area contributed by atoms with E-state index in [0.717, 1.165) is 11.8 Å². The first kappa shape index (κ1) is 11.9. The molecule has 0 radical (unpaired) electrons. The number of hydrogen-bond acceptors (Lipinski definition) is 2. The van der Waals surface area contributed by atoms with Gasteiger partial charge in [-0.05, 0) is 55.8 Å². The zero-order valence-electron chi connectivity index (χ0n) is 11.6. The Morgan fingerprint density at radius 1 is 1.11 bits per heavy atom. The van der Waals surface area contributed by atoms with E-state index >= 15 is 0 Å². The summed E-state index contributed by atoms with van der Waals surface area (Å²) in [6.07, 6.45) is 4.24. The Hall–Kier alpha value is -0.860. The molecule has 0 amide bonds. The first-order valence-corrected chi connectivity index (χ1v) is 7.86. The maximum Gasteiger partial charge on any atom is 0.00475 e. The van der Waals surface area contributed by atoms with Crippen LogP contribution in [-0.2, 0) is 0 Å². The summed E-state index contributed by atoms with van der Waals surface area (Å²) < 4.78 is 0. The lowest BCUT2D eigenvalue weighted by Gasteiger charge is -2.58. The van der Waals surface area contributed by atoms with Gasteiger partial charge in [-0.2, -0.15) is 0 Å². The molecule has 4 saturated heterocycles. The maximum absolute atomic E-state index is 3.65. The summed E-state index contributed by atoms with van der Waals surface area (Å²) in [4.78, 5) is 2.72. The number of nitrogens with one attached hydrogen (secondary N) is 1. The van der Waals surface area contributed by atoms with Crippen molar-refractivity contribution in [3.63, 3.8) is 0 Å². The van der Waals surface area contributed by atoms with Crippen molar-refractivity contribution in [2.75, 3.05) is 32.7 Å². The largest absolute Gasteiger partial charge is 0.316 e. The molecular weight excluding hydrogens is 232 g/mol. The van der Waals surface area contributed by atoms with E-state index in [9.17, 15) is 0 Å². The van der Waals surface area contributed by atoms with Crippen LogP contribution in [0.1, 0.15) is 30.7 Å². The first-order chi connectivity index (χ1) is 9.38. The van der Waals surface area contributed by atoms with Gasteiger partial charge >= 0.3 is 0 Å². The zero-order valence-corrected chi connectivity index (χ0v) is 11.6. The molecule has 2 nitrogen and oxygen atoms in total. The SMILES string of the molecule is c1ccc(C2CNCCC23CN2CCC3CC2)cc1. The summed E-state index contributed by atoms with van der Waals surface area (Å²) in [5.74, 6) is 1.68. The van der Waals surface area contributed by atoms with Crippen LogP contribution in [0, 0.1) is 11.3 Å². The summed E-state index contributed by atoms with van der Waals surface area (Å²) in [5, 5.41) is 3.65. The van der Waals surface area contributed by atoms with E-state index in [1.165, 1.54) is 52.0 Å². The van der Waals surface area contributed by atoms with E-state index < -0.39 is 0 Å². The lowest BCUT2D eigenvalue weighted by molar-refractivity contribution is -0.0617. The van der Waals surface area contributed by atoms with Gasteiger partial charge in [0.1, 0.15) is 0 Å². The van der Waals surface area contributed by atoms with Gasteiger partial charge < -0.3 is 10.2 Å². The average molecular weight is 256 g/mol. The number of rotatable bonds is 1. The molecule has 2 atom stereocenters. The number of hydrogen-bond donors (Lipinski definition) is 1. The second-order valence-corrected chi connectivity index (χ2v) is 6.70. The van der Waals surface area contributed by atoms with Crippen molar-refractivity contribution in [1.82, 2.24) is 10.2 Å². The fraction of sp³-hybridized carbons (Fsp3) is 0.647. The fourth-order valence-corrected chi connectivity index (χ4v) is 4.97. The predicted octanol–water partition coefficient (Wildman–Crippen LogP) is 2.48. The van der Waals surface area contributed by atoms with Crippen LogP contribution in [0.3, 0.4) is 0 Å². The topological polar surface area (TPSA) is 15.3 Å². The standard InChI is InChI=1S/C17H24N2/c1-2-4-14(5-3-1)16-12-18-9-8-17(16)13-19-10-6-15(17)7-11-19/h1-5,15-16,18H,6-13H2. The van der Waals surface area contributed by atoms with E-state index in [2.05, 4.69) is 40.5 Å². The fourth-order valence-electron chi connectivity index (χ4n) is 4.97. The van der Waals surface area contributed by atoms with Crippen molar-refractivity contribution in [1.29, 1.82) is 0 Å². The predicted molar refractivity (Wildman–Crippen MR) is 78.3 cm³/mol. The average Bonchev–Trinajstić information content (AvgIpc) is 2.50. The molecule has 0 saturated carbocycles. The highest BCUT2D eigenvalue weighted by Gasteiger charge is 2.52. The van der Waals surface area contributed by atoms with Crippen molar-refractivity contribution in [3.05, 3.63) is 35.9 Å². The molecule has 2 unspecified atom stereocenters. The highest BCUT2D eigenvalue weighted by molar-refractivity contribution is 5.25. The molecule has 1 N–H and O–H groups in total. The molecule has 0 aromatic heterocycles. The number of nitrogens with zero attached hydrogens (tertiary/aromatic N) is 1. The zero-order chi connectivity index (χ0) is 12.7. The Morgan fingerprint density at radius 2 is 1.89 bits per heavy atom. The summed E-state index contributed by atoms with van der Waals surface area (Å²) >= 11 is 0. The van der Waals surface area contributed by atoms with E-state index in [4.69, 9.17) is 0 Å². The number of benzene rings is 1. The molecule has 2 heteroatoms. The third-order valence-electron chi connectivity index (χ3n) is 5.93. The smallest absolute Gasteiger partial charge is 0.00475 e. The van der Waals surface area contributed by atoms with Crippen LogP contribution in [0.15, 0.2) is 30.3 Å². The van der Waals surface area contributed by atoms with Gasteiger partial charge in [0, 0.05) is 19.0 Å². The van der Waals surface area contributed by atoms with Crippen LogP contribution in [0.5, 0.6) is 0 Å². The van der Waals surface area contributed by atoms with Crippen molar-refractivity contribution < 1.29 is 0 Å².